The van der Waals surface area contributed by atoms with Gasteiger partial charge in [0.15, 0.2) is 0 Å². The van der Waals surface area contributed by atoms with Crippen LogP contribution in [0.25, 0.3) is 0 Å². The number of hydrogen-bond acceptors (Lipinski definition) is 2. The second-order valence-corrected chi connectivity index (χ2v) is 4.06. The first-order valence-electron chi connectivity index (χ1n) is 4.73. The normalized spacial score (nSPS) is 14.3. The molecule has 1 unspecified atom stereocenters. The minimum Gasteiger partial charge on any atom is -0.387 e. The van der Waals surface area contributed by atoms with Crippen LogP contribution in [0.2, 0.25) is 0 Å². The summed E-state index contributed by atoms with van der Waals surface area (Å²) in [7, 11) is 0. The predicted molar refractivity (Wildman–Crippen MR) is 52.7 cm³/mol. The SMILES string of the molecule is CCCCCC(C)(C)C(O)C=N. The van der Waals surface area contributed by atoms with Gasteiger partial charge >= 0.3 is 0 Å². The second-order valence-electron chi connectivity index (χ2n) is 4.06. The van der Waals surface area contributed by atoms with Crippen molar-refractivity contribution in [2.24, 2.45) is 5.41 Å². The summed E-state index contributed by atoms with van der Waals surface area (Å²) in [6.07, 6.45) is 5.11. The van der Waals surface area contributed by atoms with E-state index >= 15 is 0 Å². The van der Waals surface area contributed by atoms with Crippen molar-refractivity contribution in [1.29, 1.82) is 5.41 Å². The number of rotatable bonds is 6. The number of unbranched alkanes of at least 4 members (excludes halogenated alkanes) is 2. The molecule has 0 radical (unpaired) electrons. The van der Waals surface area contributed by atoms with Crippen LogP contribution in [-0.4, -0.2) is 17.4 Å². The van der Waals surface area contributed by atoms with Crippen molar-refractivity contribution < 1.29 is 5.11 Å². The standard InChI is InChI=1S/C10H21NO/c1-4-5-6-7-10(2,3)9(12)8-11/h8-9,11-12H,4-7H2,1-3H3. The van der Waals surface area contributed by atoms with Crippen molar-refractivity contribution in [3.63, 3.8) is 0 Å². The van der Waals surface area contributed by atoms with E-state index in [1.54, 1.807) is 0 Å². The molecular formula is C10H21NO. The molecule has 0 aromatic carbocycles. The van der Waals surface area contributed by atoms with Crippen LogP contribution >= 0.6 is 0 Å². The summed E-state index contributed by atoms with van der Waals surface area (Å²) in [5.74, 6) is 0. The Labute approximate surface area is 75.5 Å². The maximum atomic E-state index is 9.44. The third-order valence-electron chi connectivity index (χ3n) is 2.38. The molecule has 0 aliphatic heterocycles. The second kappa shape index (κ2) is 5.31. The van der Waals surface area contributed by atoms with Crippen molar-refractivity contribution in [1.82, 2.24) is 0 Å². The van der Waals surface area contributed by atoms with Gasteiger partial charge in [0.05, 0.1) is 6.10 Å². The van der Waals surface area contributed by atoms with E-state index in [1.807, 2.05) is 13.8 Å². The first-order valence-corrected chi connectivity index (χ1v) is 4.73. The Morgan fingerprint density at radius 3 is 2.42 bits per heavy atom. The van der Waals surface area contributed by atoms with E-state index in [0.717, 1.165) is 19.1 Å². The number of aliphatic hydroxyl groups is 1. The minimum absolute atomic E-state index is 0.128. The van der Waals surface area contributed by atoms with E-state index < -0.39 is 6.10 Å². The molecule has 0 aromatic heterocycles. The third-order valence-corrected chi connectivity index (χ3v) is 2.38. The van der Waals surface area contributed by atoms with Gasteiger partial charge in [-0.15, -0.1) is 0 Å². The average Bonchev–Trinajstić information content (AvgIpc) is 2.03. The maximum Gasteiger partial charge on any atom is 0.0934 e. The molecule has 2 nitrogen and oxygen atoms in total. The fourth-order valence-electron chi connectivity index (χ4n) is 1.20. The predicted octanol–water partition coefficient (Wildman–Crippen LogP) is 2.60. The Balaban J connectivity index is 3.77. The Morgan fingerprint density at radius 2 is 2.00 bits per heavy atom. The lowest BCUT2D eigenvalue weighted by atomic mass is 9.82. The lowest BCUT2D eigenvalue weighted by Crippen LogP contribution is -2.30. The van der Waals surface area contributed by atoms with Gasteiger partial charge in [-0.2, -0.15) is 0 Å². The lowest BCUT2D eigenvalue weighted by Gasteiger charge is -2.27. The van der Waals surface area contributed by atoms with Crippen LogP contribution in [0.3, 0.4) is 0 Å². The summed E-state index contributed by atoms with van der Waals surface area (Å²) < 4.78 is 0. The van der Waals surface area contributed by atoms with E-state index in [2.05, 4.69) is 6.92 Å². The molecule has 0 saturated carbocycles. The third kappa shape index (κ3) is 3.86. The van der Waals surface area contributed by atoms with E-state index in [-0.39, 0.29) is 5.41 Å². The molecule has 0 bridgehead atoms. The van der Waals surface area contributed by atoms with Crippen LogP contribution in [-0.2, 0) is 0 Å². The number of nitrogens with one attached hydrogen (secondary N) is 1. The molecule has 72 valence electrons. The van der Waals surface area contributed by atoms with Crippen molar-refractivity contribution in [2.45, 2.75) is 52.6 Å². The quantitative estimate of drug-likeness (QED) is 0.468. The summed E-state index contributed by atoms with van der Waals surface area (Å²) in [6, 6.07) is 0. The summed E-state index contributed by atoms with van der Waals surface area (Å²) in [4.78, 5) is 0. The highest BCUT2D eigenvalue weighted by Crippen LogP contribution is 2.26. The van der Waals surface area contributed by atoms with Gasteiger partial charge in [0.25, 0.3) is 0 Å². The van der Waals surface area contributed by atoms with Crippen LogP contribution in [0.15, 0.2) is 0 Å². The number of hydrogen-bond donors (Lipinski definition) is 2. The van der Waals surface area contributed by atoms with Gasteiger partial charge in [0.2, 0.25) is 0 Å². The van der Waals surface area contributed by atoms with Crippen molar-refractivity contribution in [2.75, 3.05) is 0 Å². The monoisotopic (exact) mass is 171 g/mol. The summed E-state index contributed by atoms with van der Waals surface area (Å²) >= 11 is 0. The molecule has 0 heterocycles. The molecule has 0 rings (SSSR count). The number of aliphatic hydroxyl groups excluding tert-OH is 1. The molecule has 0 amide bonds. The lowest BCUT2D eigenvalue weighted by molar-refractivity contribution is 0.100. The Bertz CT molecular complexity index is 132. The molecule has 2 N–H and O–H groups in total. The van der Waals surface area contributed by atoms with Gasteiger partial charge in [-0.05, 0) is 11.8 Å². The molecule has 0 aliphatic rings. The van der Waals surface area contributed by atoms with Crippen LogP contribution in [0.4, 0.5) is 0 Å². The van der Waals surface area contributed by atoms with Crippen LogP contribution in [0, 0.1) is 10.8 Å². The van der Waals surface area contributed by atoms with Gasteiger partial charge < -0.3 is 10.5 Å². The molecule has 0 fully saturated rings. The van der Waals surface area contributed by atoms with Gasteiger partial charge in [-0.1, -0.05) is 40.0 Å². The molecule has 0 saturated heterocycles. The molecule has 0 aliphatic carbocycles. The fourth-order valence-corrected chi connectivity index (χ4v) is 1.20. The molecular weight excluding hydrogens is 150 g/mol. The summed E-state index contributed by atoms with van der Waals surface area (Å²) in [6.45, 7) is 6.19. The molecule has 0 aromatic rings. The van der Waals surface area contributed by atoms with Crippen LogP contribution in [0.5, 0.6) is 0 Å². The first-order chi connectivity index (χ1) is 5.54. The smallest absolute Gasteiger partial charge is 0.0934 e. The van der Waals surface area contributed by atoms with E-state index in [9.17, 15) is 5.11 Å². The zero-order chi connectivity index (χ0) is 9.61. The van der Waals surface area contributed by atoms with Gasteiger partial charge in [-0.3, -0.25) is 0 Å². The average molecular weight is 171 g/mol. The van der Waals surface area contributed by atoms with Crippen molar-refractivity contribution >= 4 is 6.21 Å². The summed E-state index contributed by atoms with van der Waals surface area (Å²) in [5, 5.41) is 16.4. The first kappa shape index (κ1) is 11.6. The van der Waals surface area contributed by atoms with E-state index in [0.29, 0.717) is 0 Å². The molecule has 0 spiro atoms. The molecule has 1 atom stereocenters. The minimum atomic E-state index is -0.589. The Hall–Kier alpha value is -0.370. The zero-order valence-corrected chi connectivity index (χ0v) is 8.43. The zero-order valence-electron chi connectivity index (χ0n) is 8.43. The van der Waals surface area contributed by atoms with Crippen molar-refractivity contribution in [3.05, 3.63) is 0 Å². The van der Waals surface area contributed by atoms with Crippen LogP contribution < -0.4 is 0 Å². The topological polar surface area (TPSA) is 44.1 Å². The van der Waals surface area contributed by atoms with E-state index in [4.69, 9.17) is 5.41 Å². The highest BCUT2D eigenvalue weighted by atomic mass is 16.3. The highest BCUT2D eigenvalue weighted by molar-refractivity contribution is 5.60. The maximum absolute atomic E-state index is 9.44. The Kier molecular flexibility index (Phi) is 5.14. The summed E-state index contributed by atoms with van der Waals surface area (Å²) in [5.41, 5.74) is -0.128. The van der Waals surface area contributed by atoms with Gasteiger partial charge in [-0.25, -0.2) is 0 Å². The van der Waals surface area contributed by atoms with Gasteiger partial charge in [0.1, 0.15) is 0 Å². The molecule has 12 heavy (non-hydrogen) atoms. The molecule has 2 heteroatoms. The fraction of sp³-hybridized carbons (Fsp3) is 0.900. The van der Waals surface area contributed by atoms with E-state index in [1.165, 1.54) is 12.8 Å². The highest BCUT2D eigenvalue weighted by Gasteiger charge is 2.24. The van der Waals surface area contributed by atoms with Crippen molar-refractivity contribution in [3.8, 4) is 0 Å². The largest absolute Gasteiger partial charge is 0.387 e. The Morgan fingerprint density at radius 1 is 1.42 bits per heavy atom. The van der Waals surface area contributed by atoms with Crippen LogP contribution in [0.1, 0.15) is 46.5 Å². The van der Waals surface area contributed by atoms with Gasteiger partial charge in [0, 0.05) is 6.21 Å².